The van der Waals surface area contributed by atoms with Gasteiger partial charge < -0.3 is 10.2 Å². The lowest BCUT2D eigenvalue weighted by molar-refractivity contribution is -0.142. The van der Waals surface area contributed by atoms with Crippen LogP contribution in [-0.4, -0.2) is 46.2 Å². The molecule has 1 saturated carbocycles. The van der Waals surface area contributed by atoms with Gasteiger partial charge in [0.25, 0.3) is 0 Å². The van der Waals surface area contributed by atoms with Crippen molar-refractivity contribution in [3.8, 4) is 0 Å². The third kappa shape index (κ3) is 6.37. The Hall–Kier alpha value is -1.10. The van der Waals surface area contributed by atoms with Gasteiger partial charge in [-0.1, -0.05) is 32.6 Å². The fourth-order valence-corrected chi connectivity index (χ4v) is 2.91. The quantitative estimate of drug-likeness (QED) is 0.670. The predicted octanol–water partition coefficient (Wildman–Crippen LogP) is 2.60. The van der Waals surface area contributed by atoms with Crippen LogP contribution < -0.4 is 0 Å². The molecule has 1 aliphatic rings. The molecule has 1 unspecified atom stereocenters. The molecular weight excluding hydrogens is 258 g/mol. The maximum Gasteiger partial charge on any atom is 0.307 e. The summed E-state index contributed by atoms with van der Waals surface area (Å²) in [7, 11) is 0. The van der Waals surface area contributed by atoms with Gasteiger partial charge in [-0.15, -0.1) is 0 Å². The number of hydrogen-bond donors (Lipinski definition) is 2. The van der Waals surface area contributed by atoms with E-state index in [9.17, 15) is 9.59 Å². The minimum atomic E-state index is -0.780. The standard InChI is InChI=1S/C15H27NO4/c1-12(15(19)20)11-16(10-6-9-14(17)18)13-7-4-2-3-5-8-13/h12-13H,2-11H2,1H3,(H,17,18)(H,19,20). The van der Waals surface area contributed by atoms with E-state index in [4.69, 9.17) is 10.2 Å². The van der Waals surface area contributed by atoms with Gasteiger partial charge >= 0.3 is 11.9 Å². The highest BCUT2D eigenvalue weighted by Gasteiger charge is 2.23. The Labute approximate surface area is 121 Å². The zero-order chi connectivity index (χ0) is 15.0. The average Bonchev–Trinajstić information content (AvgIpc) is 2.65. The van der Waals surface area contributed by atoms with Crippen molar-refractivity contribution in [3.63, 3.8) is 0 Å². The molecule has 0 bridgehead atoms. The molecule has 0 aromatic heterocycles. The SMILES string of the molecule is CC(CN(CCCC(=O)O)C1CCCCCC1)C(=O)O. The van der Waals surface area contributed by atoms with E-state index >= 15 is 0 Å². The summed E-state index contributed by atoms with van der Waals surface area (Å²) in [5.41, 5.74) is 0. The summed E-state index contributed by atoms with van der Waals surface area (Å²) < 4.78 is 0. The number of rotatable bonds is 8. The van der Waals surface area contributed by atoms with Gasteiger partial charge in [-0.25, -0.2) is 0 Å². The van der Waals surface area contributed by atoms with Crippen LogP contribution in [0.15, 0.2) is 0 Å². The Morgan fingerprint density at radius 3 is 2.25 bits per heavy atom. The van der Waals surface area contributed by atoms with E-state index in [0.29, 0.717) is 25.6 Å². The van der Waals surface area contributed by atoms with Crippen molar-refractivity contribution < 1.29 is 19.8 Å². The highest BCUT2D eigenvalue weighted by Crippen LogP contribution is 2.23. The molecule has 5 heteroatoms. The Balaban J connectivity index is 2.56. The average molecular weight is 285 g/mol. The zero-order valence-corrected chi connectivity index (χ0v) is 12.4. The van der Waals surface area contributed by atoms with Crippen LogP contribution in [0, 0.1) is 5.92 Å². The van der Waals surface area contributed by atoms with Crippen molar-refractivity contribution in [1.29, 1.82) is 0 Å². The minimum Gasteiger partial charge on any atom is -0.481 e. The summed E-state index contributed by atoms with van der Waals surface area (Å²) in [6, 6.07) is 0.424. The summed E-state index contributed by atoms with van der Waals surface area (Å²) in [5.74, 6) is -1.96. The van der Waals surface area contributed by atoms with E-state index in [1.165, 1.54) is 25.7 Å². The molecule has 2 N–H and O–H groups in total. The molecule has 0 radical (unpaired) electrons. The van der Waals surface area contributed by atoms with Crippen LogP contribution >= 0.6 is 0 Å². The molecule has 0 aromatic rings. The first-order valence-corrected chi connectivity index (χ1v) is 7.69. The molecule has 0 heterocycles. The van der Waals surface area contributed by atoms with E-state index in [0.717, 1.165) is 12.8 Å². The smallest absolute Gasteiger partial charge is 0.307 e. The number of aliphatic carboxylic acids is 2. The number of carbonyl (C=O) groups is 2. The third-order valence-corrected chi connectivity index (χ3v) is 4.11. The lowest BCUT2D eigenvalue weighted by atomic mass is 10.0. The summed E-state index contributed by atoms with van der Waals surface area (Å²) in [4.78, 5) is 23.9. The second-order valence-corrected chi connectivity index (χ2v) is 5.88. The van der Waals surface area contributed by atoms with Gasteiger partial charge in [0.2, 0.25) is 0 Å². The van der Waals surface area contributed by atoms with Crippen LogP contribution in [0.2, 0.25) is 0 Å². The molecule has 1 fully saturated rings. The topological polar surface area (TPSA) is 77.8 Å². The van der Waals surface area contributed by atoms with Crippen molar-refractivity contribution in [2.45, 2.75) is 64.3 Å². The van der Waals surface area contributed by atoms with Crippen LogP contribution in [-0.2, 0) is 9.59 Å². The van der Waals surface area contributed by atoms with Gasteiger partial charge in [-0.3, -0.25) is 14.5 Å². The van der Waals surface area contributed by atoms with Gasteiger partial charge in [0.15, 0.2) is 0 Å². The van der Waals surface area contributed by atoms with Gasteiger partial charge in [-0.05, 0) is 25.8 Å². The molecule has 0 saturated heterocycles. The van der Waals surface area contributed by atoms with Crippen LogP contribution in [0.5, 0.6) is 0 Å². The fourth-order valence-electron chi connectivity index (χ4n) is 2.91. The molecule has 20 heavy (non-hydrogen) atoms. The van der Waals surface area contributed by atoms with Gasteiger partial charge in [-0.2, -0.15) is 0 Å². The predicted molar refractivity (Wildman–Crippen MR) is 76.7 cm³/mol. The molecule has 0 aliphatic heterocycles. The number of nitrogens with zero attached hydrogens (tertiary/aromatic N) is 1. The zero-order valence-electron chi connectivity index (χ0n) is 12.4. The second-order valence-electron chi connectivity index (χ2n) is 5.88. The monoisotopic (exact) mass is 285 g/mol. The van der Waals surface area contributed by atoms with Gasteiger partial charge in [0.05, 0.1) is 5.92 Å². The molecular formula is C15H27NO4. The van der Waals surface area contributed by atoms with Crippen molar-refractivity contribution >= 4 is 11.9 Å². The summed E-state index contributed by atoms with van der Waals surface area (Å²) in [6.45, 7) is 2.94. The van der Waals surface area contributed by atoms with Gasteiger partial charge in [0, 0.05) is 19.0 Å². The van der Waals surface area contributed by atoms with Crippen LogP contribution in [0.25, 0.3) is 0 Å². The molecule has 5 nitrogen and oxygen atoms in total. The Morgan fingerprint density at radius 2 is 1.75 bits per heavy atom. The van der Waals surface area contributed by atoms with Crippen LogP contribution in [0.3, 0.4) is 0 Å². The summed E-state index contributed by atoms with van der Waals surface area (Å²) >= 11 is 0. The maximum atomic E-state index is 11.0. The molecule has 1 aliphatic carbocycles. The first kappa shape index (κ1) is 17.0. The molecule has 1 rings (SSSR count). The lowest BCUT2D eigenvalue weighted by Crippen LogP contribution is -2.40. The van der Waals surface area contributed by atoms with Gasteiger partial charge in [0.1, 0.15) is 0 Å². The number of carboxylic acid groups (broad SMARTS) is 2. The molecule has 0 amide bonds. The van der Waals surface area contributed by atoms with Crippen LogP contribution in [0.1, 0.15) is 58.3 Å². The Morgan fingerprint density at radius 1 is 1.15 bits per heavy atom. The van der Waals surface area contributed by atoms with E-state index in [2.05, 4.69) is 4.90 Å². The van der Waals surface area contributed by atoms with Crippen molar-refractivity contribution in [3.05, 3.63) is 0 Å². The number of hydrogen-bond acceptors (Lipinski definition) is 3. The molecule has 0 aromatic carbocycles. The molecule has 1 atom stereocenters. The summed E-state index contributed by atoms with van der Waals surface area (Å²) in [5, 5.41) is 17.8. The van der Waals surface area contributed by atoms with E-state index < -0.39 is 17.9 Å². The molecule has 0 spiro atoms. The van der Waals surface area contributed by atoms with Crippen molar-refractivity contribution in [2.24, 2.45) is 5.92 Å². The number of carboxylic acids is 2. The lowest BCUT2D eigenvalue weighted by Gasteiger charge is -2.32. The fraction of sp³-hybridized carbons (Fsp3) is 0.867. The molecule has 116 valence electrons. The second kappa shape index (κ2) is 8.95. The summed E-state index contributed by atoms with van der Waals surface area (Å²) in [6.07, 6.45) is 7.88. The first-order valence-electron chi connectivity index (χ1n) is 7.69. The van der Waals surface area contributed by atoms with E-state index in [1.807, 2.05) is 0 Å². The first-order chi connectivity index (χ1) is 9.50. The normalized spacial score (nSPS) is 18.7. The largest absolute Gasteiger partial charge is 0.481 e. The van der Waals surface area contributed by atoms with E-state index in [1.54, 1.807) is 6.92 Å². The minimum absolute atomic E-state index is 0.157. The van der Waals surface area contributed by atoms with Crippen molar-refractivity contribution in [1.82, 2.24) is 4.90 Å². The highest BCUT2D eigenvalue weighted by molar-refractivity contribution is 5.69. The van der Waals surface area contributed by atoms with Crippen molar-refractivity contribution in [2.75, 3.05) is 13.1 Å². The third-order valence-electron chi connectivity index (χ3n) is 4.11. The highest BCUT2D eigenvalue weighted by atomic mass is 16.4. The Kier molecular flexibility index (Phi) is 7.59. The Bertz CT molecular complexity index is 311. The van der Waals surface area contributed by atoms with E-state index in [-0.39, 0.29) is 6.42 Å². The van der Waals surface area contributed by atoms with Crippen LogP contribution in [0.4, 0.5) is 0 Å². The maximum absolute atomic E-state index is 11.0.